The number of amides is 2. The van der Waals surface area contributed by atoms with E-state index in [-0.39, 0.29) is 24.4 Å². The Kier molecular flexibility index (Phi) is 9.27. The van der Waals surface area contributed by atoms with E-state index in [0.717, 1.165) is 12.2 Å². The average Bonchev–Trinajstić information content (AvgIpc) is 3.49. The largest absolute Gasteiger partial charge is 0.385 e. The van der Waals surface area contributed by atoms with Crippen LogP contribution < -0.4 is 0 Å². The van der Waals surface area contributed by atoms with E-state index in [1.54, 1.807) is 18.1 Å². The van der Waals surface area contributed by atoms with E-state index < -0.39 is 0 Å². The fourth-order valence-electron chi connectivity index (χ4n) is 3.72. The highest BCUT2D eigenvalue weighted by atomic mass is 32.1. The van der Waals surface area contributed by atoms with Crippen molar-refractivity contribution in [2.24, 2.45) is 0 Å². The van der Waals surface area contributed by atoms with Crippen molar-refractivity contribution in [1.82, 2.24) is 14.4 Å². The Morgan fingerprint density at radius 3 is 2.52 bits per heavy atom. The smallest absolute Gasteiger partial charge is 0.264 e. The van der Waals surface area contributed by atoms with Gasteiger partial charge in [-0.05, 0) is 49.4 Å². The molecule has 0 saturated heterocycles. The third-order valence-electron chi connectivity index (χ3n) is 5.52. The van der Waals surface area contributed by atoms with Gasteiger partial charge in [0.15, 0.2) is 0 Å². The zero-order valence-corrected chi connectivity index (χ0v) is 20.5. The zero-order chi connectivity index (χ0) is 23.6. The Morgan fingerprint density at radius 1 is 1.06 bits per heavy atom. The zero-order valence-electron chi connectivity index (χ0n) is 19.6. The quantitative estimate of drug-likeness (QED) is 0.368. The van der Waals surface area contributed by atoms with Crippen LogP contribution in [0.3, 0.4) is 0 Å². The minimum absolute atomic E-state index is 0.00948. The molecule has 0 saturated carbocycles. The van der Waals surface area contributed by atoms with Crippen LogP contribution in [0.15, 0.2) is 66.2 Å². The number of benzene rings is 1. The van der Waals surface area contributed by atoms with Crippen LogP contribution in [0.1, 0.15) is 41.2 Å². The predicted molar refractivity (Wildman–Crippen MR) is 132 cm³/mol. The maximum Gasteiger partial charge on any atom is 0.264 e. The predicted octanol–water partition coefficient (Wildman–Crippen LogP) is 4.51. The van der Waals surface area contributed by atoms with E-state index in [0.29, 0.717) is 31.0 Å². The van der Waals surface area contributed by atoms with Crippen molar-refractivity contribution in [3.63, 3.8) is 0 Å². The summed E-state index contributed by atoms with van der Waals surface area (Å²) in [5.41, 5.74) is 2.28. The number of aromatic nitrogens is 1. The minimum atomic E-state index is -0.106. The number of thiophene rings is 1. The van der Waals surface area contributed by atoms with Gasteiger partial charge in [0.2, 0.25) is 5.91 Å². The average molecular weight is 468 g/mol. The minimum Gasteiger partial charge on any atom is -0.385 e. The van der Waals surface area contributed by atoms with Crippen molar-refractivity contribution in [1.29, 1.82) is 0 Å². The topological polar surface area (TPSA) is 54.8 Å². The molecule has 0 fully saturated rings. The van der Waals surface area contributed by atoms with E-state index in [1.165, 1.54) is 16.9 Å². The number of nitrogens with zero attached hydrogens (tertiary/aromatic N) is 3. The van der Waals surface area contributed by atoms with Gasteiger partial charge in [0.1, 0.15) is 6.54 Å². The third kappa shape index (κ3) is 7.04. The highest BCUT2D eigenvalue weighted by Crippen LogP contribution is 2.16. The van der Waals surface area contributed by atoms with Crippen LogP contribution in [0.4, 0.5) is 0 Å². The Morgan fingerprint density at radius 2 is 1.85 bits per heavy atom. The summed E-state index contributed by atoms with van der Waals surface area (Å²) < 4.78 is 7.32. The lowest BCUT2D eigenvalue weighted by Gasteiger charge is -2.30. The van der Waals surface area contributed by atoms with Gasteiger partial charge >= 0.3 is 0 Å². The van der Waals surface area contributed by atoms with Crippen molar-refractivity contribution >= 4 is 23.2 Å². The summed E-state index contributed by atoms with van der Waals surface area (Å²) in [5, 5.41) is 1.88. The molecule has 3 rings (SSSR count). The van der Waals surface area contributed by atoms with Gasteiger partial charge in [-0.3, -0.25) is 9.59 Å². The normalized spacial score (nSPS) is 11.0. The van der Waals surface area contributed by atoms with E-state index in [1.807, 2.05) is 60.7 Å². The molecule has 1 aromatic carbocycles. The monoisotopic (exact) mass is 467 g/mol. The lowest BCUT2D eigenvalue weighted by molar-refractivity contribution is -0.134. The molecule has 0 radical (unpaired) electrons. The molecule has 176 valence electrons. The molecular weight excluding hydrogens is 434 g/mol. The second-order valence-corrected chi connectivity index (χ2v) is 9.23. The van der Waals surface area contributed by atoms with Crippen LogP contribution in [-0.4, -0.2) is 59.0 Å². The first-order valence-corrected chi connectivity index (χ1v) is 12.2. The van der Waals surface area contributed by atoms with Crippen molar-refractivity contribution < 1.29 is 14.3 Å². The van der Waals surface area contributed by atoms with Gasteiger partial charge < -0.3 is 19.1 Å². The second-order valence-electron chi connectivity index (χ2n) is 8.28. The fraction of sp³-hybridized carbons (Fsp3) is 0.385. The molecule has 0 unspecified atom stereocenters. The van der Waals surface area contributed by atoms with Crippen molar-refractivity contribution in [3.8, 4) is 0 Å². The summed E-state index contributed by atoms with van der Waals surface area (Å²) in [7, 11) is 1.64. The maximum absolute atomic E-state index is 13.4. The summed E-state index contributed by atoms with van der Waals surface area (Å²) >= 11 is 1.40. The van der Waals surface area contributed by atoms with Gasteiger partial charge in [0, 0.05) is 44.7 Å². The molecule has 2 aromatic heterocycles. The van der Waals surface area contributed by atoms with Crippen molar-refractivity contribution in [3.05, 3.63) is 82.3 Å². The van der Waals surface area contributed by atoms with Crippen LogP contribution in [0.25, 0.3) is 0 Å². The highest BCUT2D eigenvalue weighted by molar-refractivity contribution is 7.12. The van der Waals surface area contributed by atoms with Crippen LogP contribution in [0.2, 0.25) is 0 Å². The summed E-state index contributed by atoms with van der Waals surface area (Å²) in [4.78, 5) is 30.6. The standard InChI is InChI=1S/C26H33N3O3S/c1-21(2)29(19-23-12-7-14-27(23)18-22-10-5-4-6-11-22)25(30)20-28(15-9-16-32-3)26(31)24-13-8-17-33-24/h4-8,10-14,17,21H,9,15-16,18-20H2,1-3H3. The summed E-state index contributed by atoms with van der Waals surface area (Å²) in [6, 6.07) is 18.0. The molecule has 3 aromatic rings. The molecule has 0 N–H and O–H groups in total. The molecule has 2 heterocycles. The van der Waals surface area contributed by atoms with E-state index >= 15 is 0 Å². The van der Waals surface area contributed by atoms with Crippen LogP contribution in [0, 0.1) is 0 Å². The third-order valence-corrected chi connectivity index (χ3v) is 6.37. The summed E-state index contributed by atoms with van der Waals surface area (Å²) in [6.07, 6.45) is 2.73. The number of carbonyl (C=O) groups is 2. The number of hydrogen-bond donors (Lipinski definition) is 0. The molecule has 0 aliphatic carbocycles. The van der Waals surface area contributed by atoms with E-state index in [9.17, 15) is 9.59 Å². The number of rotatable bonds is 12. The molecule has 33 heavy (non-hydrogen) atoms. The van der Waals surface area contributed by atoms with E-state index in [2.05, 4.69) is 22.8 Å². The number of ether oxygens (including phenoxy) is 1. The number of hydrogen-bond acceptors (Lipinski definition) is 4. The fourth-order valence-corrected chi connectivity index (χ4v) is 4.41. The van der Waals surface area contributed by atoms with Gasteiger partial charge in [-0.1, -0.05) is 36.4 Å². The Labute approximate surface area is 200 Å². The molecule has 0 spiro atoms. The summed E-state index contributed by atoms with van der Waals surface area (Å²) in [6.45, 7) is 6.35. The Hall–Kier alpha value is -2.90. The molecule has 0 aliphatic rings. The molecule has 2 amide bonds. The van der Waals surface area contributed by atoms with Crippen molar-refractivity contribution in [2.75, 3.05) is 26.8 Å². The van der Waals surface area contributed by atoms with Gasteiger partial charge in [-0.2, -0.15) is 0 Å². The van der Waals surface area contributed by atoms with Gasteiger partial charge in [0.05, 0.1) is 11.4 Å². The van der Waals surface area contributed by atoms with E-state index in [4.69, 9.17) is 4.74 Å². The first-order valence-electron chi connectivity index (χ1n) is 11.3. The van der Waals surface area contributed by atoms with Gasteiger partial charge in [0.25, 0.3) is 5.91 Å². The van der Waals surface area contributed by atoms with Gasteiger partial charge in [-0.15, -0.1) is 11.3 Å². The molecule has 0 aliphatic heterocycles. The molecule has 6 nitrogen and oxygen atoms in total. The second kappa shape index (κ2) is 12.4. The highest BCUT2D eigenvalue weighted by Gasteiger charge is 2.25. The summed E-state index contributed by atoms with van der Waals surface area (Å²) in [5.74, 6) is -0.162. The first-order chi connectivity index (χ1) is 16.0. The van der Waals surface area contributed by atoms with Crippen LogP contribution >= 0.6 is 11.3 Å². The SMILES string of the molecule is COCCCN(CC(=O)N(Cc1cccn1Cc1ccccc1)C(C)C)C(=O)c1cccs1. The molecule has 7 heteroatoms. The first kappa shape index (κ1) is 24.7. The lowest BCUT2D eigenvalue weighted by Crippen LogP contribution is -2.45. The lowest BCUT2D eigenvalue weighted by atomic mass is 10.2. The number of carbonyl (C=O) groups excluding carboxylic acids is 2. The Balaban J connectivity index is 1.72. The number of methoxy groups -OCH3 is 1. The van der Waals surface area contributed by atoms with Crippen molar-refractivity contribution in [2.45, 2.75) is 39.4 Å². The maximum atomic E-state index is 13.4. The van der Waals surface area contributed by atoms with Gasteiger partial charge in [-0.25, -0.2) is 0 Å². The molecular formula is C26H33N3O3S. The Bertz CT molecular complexity index is 999. The molecule has 0 atom stereocenters. The molecule has 0 bridgehead atoms. The van der Waals surface area contributed by atoms with Crippen LogP contribution in [-0.2, 0) is 22.6 Å². The van der Waals surface area contributed by atoms with Crippen LogP contribution in [0.5, 0.6) is 0 Å².